The molecule has 0 amide bonds. The van der Waals surface area contributed by atoms with Crippen molar-refractivity contribution in [2.75, 3.05) is 6.61 Å². The van der Waals surface area contributed by atoms with Crippen molar-refractivity contribution in [2.24, 2.45) is 0 Å². The Morgan fingerprint density at radius 1 is 0.950 bits per heavy atom. The summed E-state index contributed by atoms with van der Waals surface area (Å²) in [4.78, 5) is 10.6. The Morgan fingerprint density at radius 3 is 2.40 bits per heavy atom. The molecule has 0 aliphatic carbocycles. The van der Waals surface area contributed by atoms with Crippen molar-refractivity contribution < 1.29 is 9.78 Å². The lowest BCUT2D eigenvalue weighted by molar-refractivity contribution is -0.196. The van der Waals surface area contributed by atoms with E-state index in [1.54, 1.807) is 0 Å². The molecule has 0 aliphatic heterocycles. The molecule has 0 N–H and O–H groups in total. The highest BCUT2D eigenvalue weighted by Crippen LogP contribution is 2.25. The van der Waals surface area contributed by atoms with Crippen molar-refractivity contribution in [3.05, 3.63) is 71.8 Å². The van der Waals surface area contributed by atoms with Crippen LogP contribution in [0.3, 0.4) is 0 Å². The van der Waals surface area contributed by atoms with Gasteiger partial charge in [0.1, 0.15) is 6.61 Å². The Hall–Kier alpha value is -2.06. The second-order valence-corrected chi connectivity index (χ2v) is 4.87. The van der Waals surface area contributed by atoms with E-state index in [9.17, 15) is 0 Å². The molecular weight excluding hydrogens is 248 g/mol. The molecule has 104 valence electrons. The Morgan fingerprint density at radius 2 is 1.65 bits per heavy atom. The standard InChI is InChI=1S/C18H20O2/c1-15(2)17-12-6-7-13-18(17)20-19-14-8-11-16-9-4-3-5-10-16/h3-13,15H,14H2,1-2H3. The third-order valence-electron chi connectivity index (χ3n) is 2.96. The van der Waals surface area contributed by atoms with Crippen LogP contribution in [-0.2, 0) is 4.89 Å². The van der Waals surface area contributed by atoms with Crippen LogP contribution in [0.5, 0.6) is 5.75 Å². The summed E-state index contributed by atoms with van der Waals surface area (Å²) in [5.41, 5.74) is 2.30. The molecule has 2 aromatic rings. The average molecular weight is 268 g/mol. The van der Waals surface area contributed by atoms with E-state index in [0.29, 0.717) is 12.5 Å². The minimum Gasteiger partial charge on any atom is -0.337 e. The van der Waals surface area contributed by atoms with E-state index in [-0.39, 0.29) is 0 Å². The van der Waals surface area contributed by atoms with Gasteiger partial charge >= 0.3 is 0 Å². The maximum atomic E-state index is 5.39. The van der Waals surface area contributed by atoms with Crippen LogP contribution in [0.15, 0.2) is 60.7 Å². The highest BCUT2D eigenvalue weighted by atomic mass is 17.2. The minimum atomic E-state index is 0.412. The van der Waals surface area contributed by atoms with Gasteiger partial charge in [0.05, 0.1) is 0 Å². The minimum absolute atomic E-state index is 0.412. The summed E-state index contributed by atoms with van der Waals surface area (Å²) in [6, 6.07) is 18.1. The van der Waals surface area contributed by atoms with Gasteiger partial charge in [-0.05, 0) is 17.5 Å². The fraction of sp³-hybridized carbons (Fsp3) is 0.222. The molecule has 0 unspecified atom stereocenters. The monoisotopic (exact) mass is 268 g/mol. The molecule has 0 atom stereocenters. The topological polar surface area (TPSA) is 18.5 Å². The summed E-state index contributed by atoms with van der Waals surface area (Å²) in [5.74, 6) is 1.20. The van der Waals surface area contributed by atoms with Gasteiger partial charge in [-0.25, -0.2) is 0 Å². The van der Waals surface area contributed by atoms with Gasteiger partial charge in [-0.1, -0.05) is 74.5 Å². The zero-order valence-corrected chi connectivity index (χ0v) is 12.0. The van der Waals surface area contributed by atoms with Crippen molar-refractivity contribution in [1.82, 2.24) is 0 Å². The molecule has 0 saturated carbocycles. The SMILES string of the molecule is CC(C)c1ccccc1OOCC=Cc1ccccc1. The van der Waals surface area contributed by atoms with Crippen molar-refractivity contribution >= 4 is 6.08 Å². The number of benzene rings is 2. The molecule has 0 aromatic heterocycles. The van der Waals surface area contributed by atoms with Gasteiger partial charge in [-0.2, -0.15) is 4.89 Å². The molecule has 2 aromatic carbocycles. The molecule has 0 fully saturated rings. The van der Waals surface area contributed by atoms with Gasteiger partial charge in [0.25, 0.3) is 0 Å². The van der Waals surface area contributed by atoms with E-state index in [1.807, 2.05) is 60.7 Å². The Balaban J connectivity index is 1.83. The average Bonchev–Trinajstić information content (AvgIpc) is 2.48. The van der Waals surface area contributed by atoms with Crippen LogP contribution in [-0.4, -0.2) is 6.61 Å². The van der Waals surface area contributed by atoms with Gasteiger partial charge in [-0.15, -0.1) is 0 Å². The zero-order chi connectivity index (χ0) is 14.2. The first kappa shape index (κ1) is 14.4. The molecule has 2 rings (SSSR count). The second kappa shape index (κ2) is 7.51. The molecule has 2 heteroatoms. The van der Waals surface area contributed by atoms with E-state index in [2.05, 4.69) is 19.9 Å². The fourth-order valence-corrected chi connectivity index (χ4v) is 1.92. The molecule has 0 saturated heterocycles. The summed E-state index contributed by atoms with van der Waals surface area (Å²) in [6.45, 7) is 4.69. The van der Waals surface area contributed by atoms with Crippen LogP contribution in [0.1, 0.15) is 30.9 Å². The van der Waals surface area contributed by atoms with Crippen LogP contribution in [0.4, 0.5) is 0 Å². The molecule has 0 radical (unpaired) electrons. The third-order valence-corrected chi connectivity index (χ3v) is 2.96. The van der Waals surface area contributed by atoms with E-state index in [4.69, 9.17) is 9.78 Å². The smallest absolute Gasteiger partial charge is 0.168 e. The number of hydrogen-bond acceptors (Lipinski definition) is 2. The molecule has 0 aliphatic rings. The van der Waals surface area contributed by atoms with Crippen molar-refractivity contribution in [2.45, 2.75) is 19.8 Å². The van der Waals surface area contributed by atoms with Gasteiger partial charge in [0.2, 0.25) is 0 Å². The quantitative estimate of drug-likeness (QED) is 0.424. The lowest BCUT2D eigenvalue weighted by atomic mass is 10.0. The molecule has 0 spiro atoms. The van der Waals surface area contributed by atoms with E-state index in [1.165, 1.54) is 0 Å². The predicted octanol–water partition coefficient (Wildman–Crippen LogP) is 4.83. The fourth-order valence-electron chi connectivity index (χ4n) is 1.92. The highest BCUT2D eigenvalue weighted by molar-refractivity contribution is 5.48. The maximum Gasteiger partial charge on any atom is 0.168 e. The van der Waals surface area contributed by atoms with E-state index in [0.717, 1.165) is 16.9 Å². The first-order chi connectivity index (χ1) is 9.77. The van der Waals surface area contributed by atoms with Crippen LogP contribution in [0.2, 0.25) is 0 Å². The Bertz CT molecular complexity index is 544. The number of hydrogen-bond donors (Lipinski definition) is 0. The zero-order valence-electron chi connectivity index (χ0n) is 12.0. The van der Waals surface area contributed by atoms with Gasteiger partial charge in [0.15, 0.2) is 5.75 Å². The largest absolute Gasteiger partial charge is 0.337 e. The third kappa shape index (κ3) is 4.25. The molecule has 20 heavy (non-hydrogen) atoms. The van der Waals surface area contributed by atoms with Crippen molar-refractivity contribution in [3.8, 4) is 5.75 Å². The summed E-state index contributed by atoms with van der Waals surface area (Å²) >= 11 is 0. The van der Waals surface area contributed by atoms with Crippen LogP contribution >= 0.6 is 0 Å². The summed E-state index contributed by atoms with van der Waals surface area (Å²) in [7, 11) is 0. The molecule has 0 heterocycles. The maximum absolute atomic E-state index is 5.39. The van der Waals surface area contributed by atoms with Crippen LogP contribution in [0.25, 0.3) is 6.08 Å². The normalized spacial score (nSPS) is 11.2. The van der Waals surface area contributed by atoms with Gasteiger partial charge < -0.3 is 4.89 Å². The lowest BCUT2D eigenvalue weighted by Gasteiger charge is -2.11. The number of rotatable bonds is 6. The van der Waals surface area contributed by atoms with E-state index >= 15 is 0 Å². The van der Waals surface area contributed by atoms with Gasteiger partial charge in [-0.3, -0.25) is 0 Å². The Labute approximate surface area is 120 Å². The van der Waals surface area contributed by atoms with Crippen molar-refractivity contribution in [1.29, 1.82) is 0 Å². The second-order valence-electron chi connectivity index (χ2n) is 4.87. The predicted molar refractivity (Wildman–Crippen MR) is 82.6 cm³/mol. The lowest BCUT2D eigenvalue weighted by Crippen LogP contribution is -2.00. The molecular formula is C18H20O2. The highest BCUT2D eigenvalue weighted by Gasteiger charge is 2.07. The Kier molecular flexibility index (Phi) is 5.39. The number of para-hydroxylation sites is 1. The van der Waals surface area contributed by atoms with Crippen LogP contribution < -0.4 is 4.89 Å². The first-order valence-corrected chi connectivity index (χ1v) is 6.87. The molecule has 0 bridgehead atoms. The summed E-state index contributed by atoms with van der Waals surface area (Å²) < 4.78 is 0. The van der Waals surface area contributed by atoms with E-state index < -0.39 is 0 Å². The van der Waals surface area contributed by atoms with Crippen molar-refractivity contribution in [3.63, 3.8) is 0 Å². The molecule has 2 nitrogen and oxygen atoms in total. The van der Waals surface area contributed by atoms with Gasteiger partial charge in [0, 0.05) is 5.56 Å². The summed E-state index contributed by atoms with van der Waals surface area (Å²) in [5, 5.41) is 0. The summed E-state index contributed by atoms with van der Waals surface area (Å²) in [6.07, 6.45) is 3.95. The van der Waals surface area contributed by atoms with Crippen LogP contribution in [0, 0.1) is 0 Å². The first-order valence-electron chi connectivity index (χ1n) is 6.87.